The number of rotatable bonds is 5. The van der Waals surface area contributed by atoms with Crippen molar-refractivity contribution in [2.75, 3.05) is 12.3 Å². The number of fused-ring (bicyclic) bond motifs is 1. The van der Waals surface area contributed by atoms with Crippen molar-refractivity contribution in [3.63, 3.8) is 0 Å². The quantitative estimate of drug-likeness (QED) is 0.399. The Morgan fingerprint density at radius 3 is 2.41 bits per heavy atom. The van der Waals surface area contributed by atoms with Gasteiger partial charge in [0.05, 0.1) is 6.33 Å². The van der Waals surface area contributed by atoms with Crippen LogP contribution in [0.5, 0.6) is 0 Å². The molecule has 0 bridgehead atoms. The smallest absolute Gasteiger partial charge is 0.303 e. The first-order chi connectivity index (χ1) is 13.7. The summed E-state index contributed by atoms with van der Waals surface area (Å²) in [7, 11) is 0. The van der Waals surface area contributed by atoms with Gasteiger partial charge >= 0.3 is 17.9 Å². The Morgan fingerprint density at radius 1 is 1.14 bits per heavy atom. The zero-order valence-corrected chi connectivity index (χ0v) is 16.5. The highest BCUT2D eigenvalue weighted by atomic mass is 35.5. The molecule has 0 aromatic carbocycles. The standard InChI is InChI=1S/C16H18ClN5O7/c1-6(23)26-4-9-11(27-7(2)24)12(28-8(3)25)15(29-9)22-5-19-10-13(17)20-16(18)21-14(10)22/h5,9,11-12,15H,4H2,1-3H3,(H2,18,20,21)/t9-,11+,12-,15?/m0/s1. The summed E-state index contributed by atoms with van der Waals surface area (Å²) in [4.78, 5) is 46.6. The minimum Gasteiger partial charge on any atom is -0.463 e. The van der Waals surface area contributed by atoms with Gasteiger partial charge in [0.1, 0.15) is 18.2 Å². The largest absolute Gasteiger partial charge is 0.463 e. The Hall–Kier alpha value is -2.99. The van der Waals surface area contributed by atoms with Crippen LogP contribution in [-0.2, 0) is 33.3 Å². The maximum absolute atomic E-state index is 11.7. The molecule has 2 aromatic rings. The summed E-state index contributed by atoms with van der Waals surface area (Å²) in [5.41, 5.74) is 6.14. The molecule has 0 amide bonds. The fraction of sp³-hybridized carbons (Fsp3) is 0.500. The molecule has 0 saturated carbocycles. The van der Waals surface area contributed by atoms with Crippen LogP contribution in [0.15, 0.2) is 6.33 Å². The summed E-state index contributed by atoms with van der Waals surface area (Å²) in [6, 6.07) is 0. The predicted octanol–water partition coefficient (Wildman–Crippen LogP) is 0.386. The molecule has 1 saturated heterocycles. The van der Waals surface area contributed by atoms with Crippen LogP contribution in [0.4, 0.5) is 5.95 Å². The van der Waals surface area contributed by atoms with E-state index in [-0.39, 0.29) is 28.9 Å². The van der Waals surface area contributed by atoms with E-state index < -0.39 is 42.4 Å². The lowest BCUT2D eigenvalue weighted by molar-refractivity contribution is -0.166. The highest BCUT2D eigenvalue weighted by molar-refractivity contribution is 6.33. The van der Waals surface area contributed by atoms with Gasteiger partial charge in [-0.3, -0.25) is 19.0 Å². The summed E-state index contributed by atoms with van der Waals surface area (Å²) in [6.45, 7) is 3.39. The van der Waals surface area contributed by atoms with E-state index in [4.69, 9.17) is 36.3 Å². The molecule has 13 heteroatoms. The van der Waals surface area contributed by atoms with Gasteiger partial charge < -0.3 is 24.7 Å². The lowest BCUT2D eigenvalue weighted by atomic mass is 10.1. The number of ether oxygens (including phenoxy) is 4. The van der Waals surface area contributed by atoms with E-state index in [1.54, 1.807) is 0 Å². The van der Waals surface area contributed by atoms with Crippen molar-refractivity contribution in [1.29, 1.82) is 0 Å². The molecule has 2 N–H and O–H groups in total. The van der Waals surface area contributed by atoms with E-state index >= 15 is 0 Å². The molecule has 3 heterocycles. The third-order valence-electron chi connectivity index (χ3n) is 4.01. The molecule has 3 rings (SSSR count). The molecule has 4 atom stereocenters. The molecule has 0 spiro atoms. The zero-order valence-electron chi connectivity index (χ0n) is 15.7. The van der Waals surface area contributed by atoms with Gasteiger partial charge in [0.15, 0.2) is 29.2 Å². The molecule has 1 unspecified atom stereocenters. The van der Waals surface area contributed by atoms with Crippen LogP contribution in [0.2, 0.25) is 5.15 Å². The Balaban J connectivity index is 2.04. The lowest BCUT2D eigenvalue weighted by Crippen LogP contribution is -2.40. The number of imidazole rings is 1. The summed E-state index contributed by atoms with van der Waals surface area (Å²) in [5.74, 6) is -1.91. The van der Waals surface area contributed by atoms with Gasteiger partial charge in [0.25, 0.3) is 0 Å². The SMILES string of the molecule is CC(=O)OC[C@@H]1OC(n2cnc3c(Cl)nc(N)nc32)[C@@H](OC(C)=O)[C@@H]1OC(C)=O. The highest BCUT2D eigenvalue weighted by Crippen LogP contribution is 2.36. The number of nitrogens with zero attached hydrogens (tertiary/aromatic N) is 4. The molecule has 156 valence electrons. The van der Waals surface area contributed by atoms with Crippen molar-refractivity contribution in [3.8, 4) is 0 Å². The number of carbonyl (C=O) groups excluding carboxylic acids is 3. The maximum atomic E-state index is 11.7. The number of nitrogen functional groups attached to an aromatic ring is 1. The lowest BCUT2D eigenvalue weighted by Gasteiger charge is -2.23. The van der Waals surface area contributed by atoms with E-state index in [0.29, 0.717) is 0 Å². The van der Waals surface area contributed by atoms with Crippen molar-refractivity contribution < 1.29 is 33.3 Å². The van der Waals surface area contributed by atoms with Gasteiger partial charge in [0.2, 0.25) is 5.95 Å². The first-order valence-corrected chi connectivity index (χ1v) is 8.84. The number of nitrogens with two attached hydrogens (primary N) is 1. The summed E-state index contributed by atoms with van der Waals surface area (Å²) in [5, 5.41) is 0.0290. The van der Waals surface area contributed by atoms with Crippen LogP contribution in [0.1, 0.15) is 27.0 Å². The summed E-state index contributed by atoms with van der Waals surface area (Å²) < 4.78 is 23.0. The minimum atomic E-state index is -1.08. The van der Waals surface area contributed by atoms with Gasteiger partial charge in [-0.15, -0.1) is 0 Å². The van der Waals surface area contributed by atoms with E-state index in [1.165, 1.54) is 31.7 Å². The minimum absolute atomic E-state index is 0.0290. The average molecular weight is 428 g/mol. The van der Waals surface area contributed by atoms with Crippen molar-refractivity contribution in [2.45, 2.75) is 45.3 Å². The first kappa shape index (κ1) is 20.7. The van der Waals surface area contributed by atoms with Crippen LogP contribution >= 0.6 is 11.6 Å². The number of hydrogen-bond donors (Lipinski definition) is 1. The number of aromatic nitrogens is 4. The first-order valence-electron chi connectivity index (χ1n) is 8.46. The Labute approximate surface area is 169 Å². The molecule has 2 aromatic heterocycles. The molecule has 12 nitrogen and oxygen atoms in total. The van der Waals surface area contributed by atoms with Gasteiger partial charge in [-0.25, -0.2) is 4.98 Å². The third kappa shape index (κ3) is 4.38. The van der Waals surface area contributed by atoms with Crippen molar-refractivity contribution in [2.24, 2.45) is 0 Å². The number of hydrogen-bond acceptors (Lipinski definition) is 11. The second-order valence-electron chi connectivity index (χ2n) is 6.21. The van der Waals surface area contributed by atoms with Gasteiger partial charge in [-0.1, -0.05) is 11.6 Å². The second-order valence-corrected chi connectivity index (χ2v) is 6.57. The second kappa shape index (κ2) is 8.17. The maximum Gasteiger partial charge on any atom is 0.303 e. The Kier molecular flexibility index (Phi) is 5.84. The Bertz CT molecular complexity index is 965. The third-order valence-corrected chi connectivity index (χ3v) is 4.27. The van der Waals surface area contributed by atoms with Crippen molar-refractivity contribution in [1.82, 2.24) is 19.5 Å². The number of anilines is 1. The number of carbonyl (C=O) groups is 3. The molecule has 29 heavy (non-hydrogen) atoms. The molecule has 0 aliphatic carbocycles. The molecule has 1 aliphatic heterocycles. The molecule has 1 fully saturated rings. The van der Waals surface area contributed by atoms with Gasteiger partial charge in [0, 0.05) is 20.8 Å². The van der Waals surface area contributed by atoms with Crippen LogP contribution < -0.4 is 5.73 Å². The molecular weight excluding hydrogens is 410 g/mol. The van der Waals surface area contributed by atoms with Crippen LogP contribution in [0.3, 0.4) is 0 Å². The molecule has 0 radical (unpaired) electrons. The summed E-state index contributed by atoms with van der Waals surface area (Å²) >= 11 is 6.05. The zero-order chi connectivity index (χ0) is 21.3. The van der Waals surface area contributed by atoms with Gasteiger partial charge in [-0.2, -0.15) is 9.97 Å². The van der Waals surface area contributed by atoms with Crippen molar-refractivity contribution in [3.05, 3.63) is 11.5 Å². The molecular formula is C16H18ClN5O7. The number of halogens is 1. The van der Waals surface area contributed by atoms with E-state index in [1.807, 2.05) is 0 Å². The van der Waals surface area contributed by atoms with Crippen molar-refractivity contribution >= 4 is 46.6 Å². The predicted molar refractivity (Wildman–Crippen MR) is 96.4 cm³/mol. The molecule has 1 aliphatic rings. The monoisotopic (exact) mass is 427 g/mol. The average Bonchev–Trinajstić information content (AvgIpc) is 3.15. The van der Waals surface area contributed by atoms with E-state index in [0.717, 1.165) is 0 Å². The Morgan fingerprint density at radius 2 is 1.79 bits per heavy atom. The van der Waals surface area contributed by atoms with Gasteiger partial charge in [-0.05, 0) is 0 Å². The van der Waals surface area contributed by atoms with E-state index in [2.05, 4.69) is 15.0 Å². The topological polar surface area (TPSA) is 158 Å². The fourth-order valence-electron chi connectivity index (χ4n) is 3.00. The normalized spacial score (nSPS) is 23.7. The number of esters is 3. The van der Waals surface area contributed by atoms with E-state index in [9.17, 15) is 14.4 Å². The summed E-state index contributed by atoms with van der Waals surface area (Å²) in [6.07, 6.45) is -2.70. The highest BCUT2D eigenvalue weighted by Gasteiger charge is 2.51. The fourth-order valence-corrected chi connectivity index (χ4v) is 3.22. The van der Waals surface area contributed by atoms with Crippen LogP contribution in [0, 0.1) is 0 Å². The van der Waals surface area contributed by atoms with Crippen LogP contribution in [0.25, 0.3) is 11.2 Å². The van der Waals surface area contributed by atoms with Crippen LogP contribution in [-0.4, -0.2) is 62.3 Å².